The highest BCUT2D eigenvalue weighted by atomic mass is 35.5. The summed E-state index contributed by atoms with van der Waals surface area (Å²) in [6.45, 7) is 7.90. The maximum Gasteiger partial charge on any atom is 0.411 e. The molecule has 1 atom stereocenters. The third-order valence-corrected chi connectivity index (χ3v) is 3.85. The molecule has 0 radical (unpaired) electrons. The highest BCUT2D eigenvalue weighted by molar-refractivity contribution is 7.98. The van der Waals surface area contributed by atoms with E-state index in [1.807, 2.05) is 27.0 Å². The van der Waals surface area contributed by atoms with E-state index in [0.717, 1.165) is 18.6 Å². The van der Waals surface area contributed by atoms with Crippen molar-refractivity contribution in [3.63, 3.8) is 0 Å². The van der Waals surface area contributed by atoms with Gasteiger partial charge in [-0.2, -0.15) is 11.8 Å². The maximum atomic E-state index is 12.5. The van der Waals surface area contributed by atoms with E-state index in [2.05, 4.69) is 0 Å². The van der Waals surface area contributed by atoms with E-state index in [1.165, 1.54) is 4.90 Å². The van der Waals surface area contributed by atoms with Crippen LogP contribution in [0.15, 0.2) is 0 Å². The summed E-state index contributed by atoms with van der Waals surface area (Å²) >= 11 is 7.35. The van der Waals surface area contributed by atoms with Crippen LogP contribution >= 0.6 is 23.4 Å². The number of rotatable bonds is 10. The van der Waals surface area contributed by atoms with E-state index in [4.69, 9.17) is 21.1 Å². The van der Waals surface area contributed by atoms with E-state index in [9.17, 15) is 9.59 Å². The molecule has 1 amide bonds. The quantitative estimate of drug-likeness (QED) is 0.332. The van der Waals surface area contributed by atoms with E-state index >= 15 is 0 Å². The minimum absolute atomic E-state index is 0.290. The number of unbranched alkanes of at least 4 members (excludes halogenated alkanes) is 1. The smallest absolute Gasteiger partial charge is 0.411 e. The number of carbonyl (C=O) groups is 2. The van der Waals surface area contributed by atoms with Gasteiger partial charge in [0.15, 0.2) is 0 Å². The van der Waals surface area contributed by atoms with E-state index < -0.39 is 17.7 Å². The molecule has 0 N–H and O–H groups in total. The van der Waals surface area contributed by atoms with Gasteiger partial charge < -0.3 is 9.47 Å². The van der Waals surface area contributed by atoms with Gasteiger partial charge in [0.05, 0.1) is 6.61 Å². The van der Waals surface area contributed by atoms with Crippen molar-refractivity contribution in [2.24, 2.45) is 0 Å². The van der Waals surface area contributed by atoms with Crippen LogP contribution in [0.25, 0.3) is 0 Å². The predicted octanol–water partition coefficient (Wildman–Crippen LogP) is 3.93. The van der Waals surface area contributed by atoms with Crippen LogP contribution in [0.1, 0.15) is 47.0 Å². The molecule has 0 fully saturated rings. The number of nitrogens with zero attached hydrogens (tertiary/aromatic N) is 1. The van der Waals surface area contributed by atoms with Crippen LogP contribution < -0.4 is 0 Å². The molecule has 0 aliphatic heterocycles. The summed E-state index contributed by atoms with van der Waals surface area (Å²) in [6, 6.07) is -0.618. The molecule has 0 aromatic heterocycles. The Kier molecular flexibility index (Phi) is 11.5. The second kappa shape index (κ2) is 11.8. The Morgan fingerprint density at radius 1 is 1.26 bits per heavy atom. The van der Waals surface area contributed by atoms with Crippen molar-refractivity contribution in [2.45, 2.75) is 58.6 Å². The molecule has 0 aromatic carbocycles. The number of carbonyl (C=O) groups excluding carboxylic acids is 2. The molecule has 0 aliphatic carbocycles. The van der Waals surface area contributed by atoms with Gasteiger partial charge in [-0.3, -0.25) is 4.90 Å². The Labute approximate surface area is 149 Å². The maximum absolute atomic E-state index is 12.5. The zero-order valence-electron chi connectivity index (χ0n) is 14.9. The number of hydrogen-bond acceptors (Lipinski definition) is 5. The Hall–Kier alpha value is -0.620. The lowest BCUT2D eigenvalue weighted by atomic mass is 10.1. The number of thioether (sulfide) groups is 1. The number of amides is 1. The normalized spacial score (nSPS) is 12.6. The zero-order chi connectivity index (χ0) is 17.9. The summed E-state index contributed by atoms with van der Waals surface area (Å²) in [5, 5.41) is 0. The van der Waals surface area contributed by atoms with Gasteiger partial charge in [-0.15, -0.1) is 11.6 Å². The van der Waals surface area contributed by atoms with Crippen molar-refractivity contribution in [2.75, 3.05) is 31.0 Å². The van der Waals surface area contributed by atoms with E-state index in [1.54, 1.807) is 18.7 Å². The Bertz CT molecular complexity index is 360. The number of esters is 1. The van der Waals surface area contributed by atoms with Crippen LogP contribution in [0.2, 0.25) is 0 Å². The summed E-state index contributed by atoms with van der Waals surface area (Å²) in [5.74, 6) is 0.910. The predicted molar refractivity (Wildman–Crippen MR) is 96.3 cm³/mol. The summed E-state index contributed by atoms with van der Waals surface area (Å²) in [6.07, 6.45) is 3.52. The Balaban J connectivity index is 5.18. The summed E-state index contributed by atoms with van der Waals surface area (Å²) in [5.41, 5.74) is -0.611. The van der Waals surface area contributed by atoms with Crippen LogP contribution in [0, 0.1) is 0 Å². The van der Waals surface area contributed by atoms with Gasteiger partial charge >= 0.3 is 12.1 Å². The number of alkyl halides is 1. The number of halogens is 1. The standard InChI is InChI=1S/C16H30ClNO4S/c1-6-21-14(19)13(9-12-23-5)18(11-8-7-10-17)15(20)22-16(2,3)4/h13H,6-12H2,1-5H3/t13-/m0/s1. The largest absolute Gasteiger partial charge is 0.464 e. The molecule has 0 spiro atoms. The molecule has 136 valence electrons. The van der Waals surface area contributed by atoms with Gasteiger partial charge in [-0.1, -0.05) is 0 Å². The highest BCUT2D eigenvalue weighted by Gasteiger charge is 2.33. The molecule has 0 bridgehead atoms. The van der Waals surface area contributed by atoms with Gasteiger partial charge in [-0.05, 0) is 59.0 Å². The molecule has 0 unspecified atom stereocenters. The molecule has 0 aromatic rings. The average Bonchev–Trinajstić information content (AvgIpc) is 2.44. The summed E-state index contributed by atoms with van der Waals surface area (Å²) < 4.78 is 10.6. The number of ether oxygens (including phenoxy) is 2. The van der Waals surface area contributed by atoms with Crippen molar-refractivity contribution in [1.29, 1.82) is 0 Å². The first kappa shape index (κ1) is 22.4. The first-order chi connectivity index (χ1) is 10.8. The first-order valence-corrected chi connectivity index (χ1v) is 9.90. The minimum atomic E-state index is -0.618. The third-order valence-electron chi connectivity index (χ3n) is 2.94. The molecule has 7 heteroatoms. The molecule has 0 saturated carbocycles. The van der Waals surface area contributed by atoms with E-state index in [-0.39, 0.29) is 5.97 Å². The monoisotopic (exact) mass is 367 g/mol. The van der Waals surface area contributed by atoms with Crippen molar-refractivity contribution in [3.8, 4) is 0 Å². The highest BCUT2D eigenvalue weighted by Crippen LogP contribution is 2.17. The Morgan fingerprint density at radius 2 is 1.91 bits per heavy atom. The fraction of sp³-hybridized carbons (Fsp3) is 0.875. The van der Waals surface area contributed by atoms with E-state index in [0.29, 0.717) is 25.5 Å². The van der Waals surface area contributed by atoms with Gasteiger partial charge in [-0.25, -0.2) is 9.59 Å². The molecular formula is C16H30ClNO4S. The van der Waals surface area contributed by atoms with Crippen LogP contribution in [-0.4, -0.2) is 59.6 Å². The SMILES string of the molecule is CCOC(=O)[C@H](CCSC)N(CCCCCl)C(=O)OC(C)(C)C. The summed E-state index contributed by atoms with van der Waals surface area (Å²) in [7, 11) is 0. The zero-order valence-corrected chi connectivity index (χ0v) is 16.5. The van der Waals surface area contributed by atoms with Gasteiger partial charge in [0.1, 0.15) is 11.6 Å². The van der Waals surface area contributed by atoms with Gasteiger partial charge in [0.25, 0.3) is 0 Å². The van der Waals surface area contributed by atoms with Crippen molar-refractivity contribution < 1.29 is 19.1 Å². The fourth-order valence-corrected chi connectivity index (χ4v) is 2.59. The molecule has 5 nitrogen and oxygen atoms in total. The van der Waals surface area contributed by atoms with Crippen molar-refractivity contribution >= 4 is 35.4 Å². The second-order valence-electron chi connectivity index (χ2n) is 6.12. The van der Waals surface area contributed by atoms with Gasteiger partial charge in [0.2, 0.25) is 0 Å². The lowest BCUT2D eigenvalue weighted by molar-refractivity contribution is -0.149. The van der Waals surface area contributed by atoms with Crippen LogP contribution in [0.3, 0.4) is 0 Å². The lowest BCUT2D eigenvalue weighted by Crippen LogP contribution is -2.48. The Morgan fingerprint density at radius 3 is 2.39 bits per heavy atom. The van der Waals surface area contributed by atoms with Crippen molar-refractivity contribution in [3.05, 3.63) is 0 Å². The van der Waals surface area contributed by atoms with Crippen LogP contribution in [-0.2, 0) is 14.3 Å². The number of hydrogen-bond donors (Lipinski definition) is 0. The molecule has 0 aliphatic rings. The van der Waals surface area contributed by atoms with Crippen molar-refractivity contribution in [1.82, 2.24) is 4.90 Å². The van der Waals surface area contributed by atoms with Crippen LogP contribution in [0.4, 0.5) is 4.79 Å². The topological polar surface area (TPSA) is 55.8 Å². The molecule has 0 rings (SSSR count). The molecule has 23 heavy (non-hydrogen) atoms. The third kappa shape index (κ3) is 9.97. The average molecular weight is 368 g/mol. The molecular weight excluding hydrogens is 338 g/mol. The van der Waals surface area contributed by atoms with Crippen LogP contribution in [0.5, 0.6) is 0 Å². The molecule has 0 saturated heterocycles. The van der Waals surface area contributed by atoms with Gasteiger partial charge in [0, 0.05) is 12.4 Å². The molecule has 0 heterocycles. The fourth-order valence-electron chi connectivity index (χ4n) is 1.94. The summed E-state index contributed by atoms with van der Waals surface area (Å²) in [4.78, 5) is 26.3. The second-order valence-corrected chi connectivity index (χ2v) is 7.48. The minimum Gasteiger partial charge on any atom is -0.464 e. The lowest BCUT2D eigenvalue weighted by Gasteiger charge is -2.32. The first-order valence-electron chi connectivity index (χ1n) is 7.98.